The van der Waals surface area contributed by atoms with Crippen LogP contribution < -0.4 is 0 Å². The summed E-state index contributed by atoms with van der Waals surface area (Å²) in [5, 5.41) is 11.8. The molecular weight excluding hydrogens is 926 g/mol. The molecule has 0 aliphatic heterocycles. The van der Waals surface area contributed by atoms with E-state index in [-0.39, 0.29) is 37.6 Å². The summed E-state index contributed by atoms with van der Waals surface area (Å²) in [6.07, 6.45) is 1.78. The standard InChI is InChI=1S/C56H56N3O.Pt/c1-34(2)47-33-43(23-24-45(47)46-15-12-13-17-49(46)56(9,10)11)59-51-18-14-16-44(52(51)58-54(59)48-28-36(4)27-37(5)53(48)60)40-29-41(31-42(30-40)55(6,7)8)50-32-39(25-26-57-50)38-21-19-35(3)20-22-38;/h12-28,30-34,60H,1-11H3;/q-1;/i3D3,34D;. The summed E-state index contributed by atoms with van der Waals surface area (Å²) in [6.45, 7) is 18.9. The maximum Gasteiger partial charge on any atom is 0.148 e. The number of phenols is 1. The van der Waals surface area contributed by atoms with Crippen molar-refractivity contribution in [3.8, 4) is 67.5 Å². The molecule has 0 fully saturated rings. The molecule has 61 heavy (non-hydrogen) atoms. The number of rotatable bonds is 7. The Bertz CT molecular complexity index is 3070. The van der Waals surface area contributed by atoms with Crippen molar-refractivity contribution in [3.05, 3.63) is 167 Å². The Morgan fingerprint density at radius 2 is 1.41 bits per heavy atom. The fraction of sp³-hybridized carbons (Fsp3) is 0.250. The monoisotopic (exact) mass is 985 g/mol. The maximum absolute atomic E-state index is 11.8. The third-order valence-corrected chi connectivity index (χ3v) is 11.5. The van der Waals surface area contributed by atoms with Crippen molar-refractivity contribution < 1.29 is 31.7 Å². The van der Waals surface area contributed by atoms with Crippen molar-refractivity contribution in [3.63, 3.8) is 0 Å². The van der Waals surface area contributed by atoms with E-state index in [2.05, 4.69) is 119 Å². The van der Waals surface area contributed by atoms with Gasteiger partial charge in [-0.1, -0.05) is 151 Å². The molecule has 0 saturated heterocycles. The van der Waals surface area contributed by atoms with Crippen molar-refractivity contribution >= 4 is 11.0 Å². The molecule has 0 spiro atoms. The SMILES string of the molecule is [2H]C([2H])([2H])c1ccc(-c2ccnc(-c3[c-]c(-c4cccc5c4nc(-c4cc(C)cc(C)c4O)n5-c4ccc(-c5ccccc5C(C)(C)C)c(C([2H])(C)C)c4)cc(C(C)(C)C)c3)c2)cc1.[Pt]. The Hall–Kier alpha value is -5.57. The molecule has 0 amide bonds. The van der Waals surface area contributed by atoms with Gasteiger partial charge in [-0.05, 0) is 112 Å². The molecule has 0 atom stereocenters. The van der Waals surface area contributed by atoms with E-state index in [1.165, 1.54) is 5.56 Å². The Morgan fingerprint density at radius 1 is 0.689 bits per heavy atom. The van der Waals surface area contributed by atoms with Crippen LogP contribution in [-0.4, -0.2) is 19.6 Å². The van der Waals surface area contributed by atoms with Crippen LogP contribution in [0.5, 0.6) is 5.75 Å². The molecule has 0 bridgehead atoms. The van der Waals surface area contributed by atoms with Crippen LogP contribution in [0.3, 0.4) is 0 Å². The van der Waals surface area contributed by atoms with Crippen LogP contribution in [0.1, 0.15) is 100 Å². The molecule has 8 aromatic rings. The number of hydrogen-bond acceptors (Lipinski definition) is 3. The van der Waals surface area contributed by atoms with Crippen LogP contribution in [-0.2, 0) is 31.9 Å². The number of pyridine rings is 1. The molecule has 2 heterocycles. The van der Waals surface area contributed by atoms with Gasteiger partial charge in [-0.25, -0.2) is 4.98 Å². The molecule has 312 valence electrons. The zero-order chi connectivity index (χ0) is 46.1. The van der Waals surface area contributed by atoms with Crippen LogP contribution in [0.2, 0.25) is 0 Å². The van der Waals surface area contributed by atoms with Gasteiger partial charge in [0.2, 0.25) is 0 Å². The first kappa shape index (κ1) is 38.4. The number of para-hydroxylation sites is 1. The third-order valence-electron chi connectivity index (χ3n) is 11.5. The molecule has 6 aromatic carbocycles. The van der Waals surface area contributed by atoms with E-state index in [1.54, 1.807) is 18.3 Å². The van der Waals surface area contributed by atoms with Crippen LogP contribution in [0.25, 0.3) is 72.7 Å². The molecule has 0 radical (unpaired) electrons. The quantitative estimate of drug-likeness (QED) is 0.162. The first-order chi connectivity index (χ1) is 30.0. The number of aromatic nitrogens is 3. The van der Waals surface area contributed by atoms with Gasteiger partial charge in [-0.15, -0.1) is 29.3 Å². The number of fused-ring (bicyclic) bond motifs is 1. The van der Waals surface area contributed by atoms with Crippen molar-refractivity contribution in [2.24, 2.45) is 0 Å². The summed E-state index contributed by atoms with van der Waals surface area (Å²) < 4.78 is 35.1. The van der Waals surface area contributed by atoms with Gasteiger partial charge in [0, 0.05) is 44.1 Å². The predicted molar refractivity (Wildman–Crippen MR) is 252 cm³/mol. The van der Waals surface area contributed by atoms with E-state index in [0.717, 1.165) is 83.6 Å². The molecule has 4 nitrogen and oxygen atoms in total. The summed E-state index contributed by atoms with van der Waals surface area (Å²) in [6, 6.07) is 44.1. The first-order valence-electron chi connectivity index (χ1n) is 22.7. The van der Waals surface area contributed by atoms with Gasteiger partial charge in [0.15, 0.2) is 0 Å². The van der Waals surface area contributed by atoms with Gasteiger partial charge >= 0.3 is 0 Å². The molecule has 0 saturated carbocycles. The fourth-order valence-corrected chi connectivity index (χ4v) is 8.29. The fourth-order valence-electron chi connectivity index (χ4n) is 8.29. The molecule has 0 aliphatic rings. The van der Waals surface area contributed by atoms with E-state index >= 15 is 0 Å². The Morgan fingerprint density at radius 3 is 2.11 bits per heavy atom. The number of aryl methyl sites for hydroxylation is 3. The number of hydrogen-bond donors (Lipinski definition) is 1. The molecule has 2 aromatic heterocycles. The second-order valence-electron chi connectivity index (χ2n) is 18.4. The zero-order valence-corrected chi connectivity index (χ0v) is 39.0. The Kier molecular flexibility index (Phi) is 10.5. The second-order valence-corrected chi connectivity index (χ2v) is 18.4. The summed E-state index contributed by atoms with van der Waals surface area (Å²) >= 11 is 0. The Labute approximate surface area is 382 Å². The number of benzene rings is 6. The number of imidazole rings is 1. The minimum Gasteiger partial charge on any atom is -0.507 e. The summed E-state index contributed by atoms with van der Waals surface area (Å²) in [4.78, 5) is 10.3. The van der Waals surface area contributed by atoms with Crippen molar-refractivity contribution in [2.75, 3.05) is 0 Å². The largest absolute Gasteiger partial charge is 0.507 e. The van der Waals surface area contributed by atoms with Gasteiger partial charge in [0.25, 0.3) is 0 Å². The van der Waals surface area contributed by atoms with Crippen LogP contribution in [0.15, 0.2) is 128 Å². The topological polar surface area (TPSA) is 50.9 Å². The molecule has 0 unspecified atom stereocenters. The first-order valence-corrected chi connectivity index (χ1v) is 20.7. The smallest absolute Gasteiger partial charge is 0.148 e. The molecular formula is C56H56N3OPt-. The maximum atomic E-state index is 11.8. The minimum atomic E-state index is -2.18. The average molecular weight is 986 g/mol. The number of aromatic hydroxyl groups is 1. The number of nitrogens with zero attached hydrogens (tertiary/aromatic N) is 3. The Balaban J connectivity index is 0.00000630. The predicted octanol–water partition coefficient (Wildman–Crippen LogP) is 14.9. The van der Waals surface area contributed by atoms with E-state index in [4.69, 9.17) is 14.1 Å². The van der Waals surface area contributed by atoms with E-state index in [9.17, 15) is 6.48 Å². The summed E-state index contributed by atoms with van der Waals surface area (Å²) in [5.41, 5.74) is 15.2. The van der Waals surface area contributed by atoms with Crippen LogP contribution in [0.4, 0.5) is 0 Å². The average Bonchev–Trinajstić information content (AvgIpc) is 3.63. The van der Waals surface area contributed by atoms with Crippen LogP contribution in [0, 0.1) is 26.8 Å². The van der Waals surface area contributed by atoms with Gasteiger partial charge in [-0.3, -0.25) is 9.55 Å². The van der Waals surface area contributed by atoms with E-state index < -0.39 is 12.7 Å². The third kappa shape index (κ3) is 8.53. The van der Waals surface area contributed by atoms with Crippen molar-refractivity contribution in [2.45, 2.75) is 92.8 Å². The summed E-state index contributed by atoms with van der Waals surface area (Å²) in [5.74, 6) is -0.191. The van der Waals surface area contributed by atoms with Gasteiger partial charge in [0.1, 0.15) is 11.6 Å². The zero-order valence-electron chi connectivity index (χ0n) is 40.7. The van der Waals surface area contributed by atoms with E-state index in [0.29, 0.717) is 17.0 Å². The molecule has 5 heteroatoms. The van der Waals surface area contributed by atoms with Crippen LogP contribution >= 0.6 is 0 Å². The normalized spacial score (nSPS) is 13.3. The molecule has 8 rings (SSSR count). The molecule has 0 aliphatic carbocycles. The van der Waals surface area contributed by atoms with Crippen molar-refractivity contribution in [1.29, 1.82) is 0 Å². The summed E-state index contributed by atoms with van der Waals surface area (Å²) in [7, 11) is 0. The van der Waals surface area contributed by atoms with Crippen molar-refractivity contribution in [1.82, 2.24) is 14.5 Å². The second kappa shape index (κ2) is 16.7. The minimum absolute atomic E-state index is 0. The number of phenolic OH excluding ortho intramolecular Hbond substituents is 1. The van der Waals surface area contributed by atoms with Gasteiger partial charge < -0.3 is 5.11 Å². The van der Waals surface area contributed by atoms with Gasteiger partial charge in [0.05, 0.1) is 16.6 Å². The van der Waals surface area contributed by atoms with Gasteiger partial charge in [-0.2, -0.15) is 0 Å². The van der Waals surface area contributed by atoms with E-state index in [1.807, 2.05) is 70.2 Å². The molecule has 1 N–H and O–H groups in total.